The molecule has 1 aromatic carbocycles. The van der Waals surface area contributed by atoms with Crippen molar-refractivity contribution in [2.24, 2.45) is 10.7 Å². The zero-order valence-corrected chi connectivity index (χ0v) is 8.04. The minimum absolute atomic E-state index is 0.463. The number of hydrogen-bond donors (Lipinski definition) is 1. The number of nitrogens with two attached hydrogens (primary N) is 1. The number of nitrogens with zero attached hydrogens (tertiary/aromatic N) is 3. The van der Waals surface area contributed by atoms with Crippen LogP contribution in [-0.2, 0) is 0 Å². The Balaban J connectivity index is 2.29. The first kappa shape index (κ1) is 9.33. The molecule has 0 saturated heterocycles. The second-order valence-corrected chi connectivity index (χ2v) is 2.96. The number of hydrogen-bond acceptors (Lipinski definition) is 3. The zero-order valence-electron chi connectivity index (χ0n) is 8.04. The summed E-state index contributed by atoms with van der Waals surface area (Å²) in [5, 5.41) is 0. The molecule has 0 atom stereocenters. The summed E-state index contributed by atoms with van der Waals surface area (Å²) >= 11 is 0. The molecule has 4 nitrogen and oxygen atoms in total. The maximum absolute atomic E-state index is 5.82. The molecule has 0 saturated carbocycles. The van der Waals surface area contributed by atoms with Crippen LogP contribution in [0.4, 0.5) is 5.69 Å². The monoisotopic (exact) mass is 198 g/mol. The molecule has 1 heterocycles. The second-order valence-electron chi connectivity index (χ2n) is 2.96. The summed E-state index contributed by atoms with van der Waals surface area (Å²) in [6, 6.07) is 9.58. The lowest BCUT2D eigenvalue weighted by molar-refractivity contribution is 1.16. The minimum atomic E-state index is 0.463. The summed E-state index contributed by atoms with van der Waals surface area (Å²) in [6.45, 7) is 0. The standard InChI is InChI=1S/C11H10N4/c12-11(9-4-2-1-3-5-9)15-10-6-13-8-14-7-10/h1-8H,(H2,12,15). The van der Waals surface area contributed by atoms with E-state index in [1.165, 1.54) is 6.33 Å². The van der Waals surface area contributed by atoms with E-state index in [4.69, 9.17) is 5.73 Å². The van der Waals surface area contributed by atoms with Crippen molar-refractivity contribution in [3.05, 3.63) is 54.6 Å². The highest BCUT2D eigenvalue weighted by Crippen LogP contribution is 2.08. The van der Waals surface area contributed by atoms with Gasteiger partial charge in [-0.15, -0.1) is 0 Å². The molecule has 0 bridgehead atoms. The molecule has 0 spiro atoms. The molecule has 2 rings (SSSR count). The van der Waals surface area contributed by atoms with E-state index in [2.05, 4.69) is 15.0 Å². The van der Waals surface area contributed by atoms with E-state index in [0.29, 0.717) is 11.5 Å². The number of aliphatic imine (C=N–C) groups is 1. The van der Waals surface area contributed by atoms with Crippen LogP contribution in [-0.4, -0.2) is 15.8 Å². The number of aromatic nitrogens is 2. The molecule has 0 unspecified atom stereocenters. The van der Waals surface area contributed by atoms with Crippen LogP contribution in [0.3, 0.4) is 0 Å². The van der Waals surface area contributed by atoms with Gasteiger partial charge in [0, 0.05) is 5.56 Å². The van der Waals surface area contributed by atoms with Crippen LogP contribution in [0.2, 0.25) is 0 Å². The molecular weight excluding hydrogens is 188 g/mol. The fourth-order valence-corrected chi connectivity index (χ4v) is 1.16. The van der Waals surface area contributed by atoms with Gasteiger partial charge in [-0.25, -0.2) is 15.0 Å². The minimum Gasteiger partial charge on any atom is -0.383 e. The molecule has 15 heavy (non-hydrogen) atoms. The molecule has 0 fully saturated rings. The van der Waals surface area contributed by atoms with E-state index < -0.39 is 0 Å². The molecule has 4 heteroatoms. The van der Waals surface area contributed by atoms with Gasteiger partial charge in [0.25, 0.3) is 0 Å². The van der Waals surface area contributed by atoms with E-state index in [0.717, 1.165) is 5.56 Å². The fourth-order valence-electron chi connectivity index (χ4n) is 1.16. The Labute approximate surface area is 87.5 Å². The van der Waals surface area contributed by atoms with Crippen molar-refractivity contribution >= 4 is 11.5 Å². The Morgan fingerprint density at radius 2 is 1.73 bits per heavy atom. The molecule has 0 amide bonds. The van der Waals surface area contributed by atoms with Gasteiger partial charge in [0.1, 0.15) is 17.9 Å². The van der Waals surface area contributed by atoms with Crippen LogP contribution in [0.1, 0.15) is 5.56 Å². The lowest BCUT2D eigenvalue weighted by Crippen LogP contribution is -2.12. The molecular formula is C11H10N4. The van der Waals surface area contributed by atoms with Crippen molar-refractivity contribution in [3.8, 4) is 0 Å². The average Bonchev–Trinajstić information content (AvgIpc) is 2.31. The second kappa shape index (κ2) is 4.32. The molecule has 74 valence electrons. The smallest absolute Gasteiger partial charge is 0.131 e. The summed E-state index contributed by atoms with van der Waals surface area (Å²) in [5.74, 6) is 0.463. The Bertz CT molecular complexity index is 451. The molecule has 0 aliphatic carbocycles. The highest BCUT2D eigenvalue weighted by molar-refractivity contribution is 5.98. The lowest BCUT2D eigenvalue weighted by Gasteiger charge is -1.99. The molecule has 2 N–H and O–H groups in total. The Kier molecular flexibility index (Phi) is 2.69. The largest absolute Gasteiger partial charge is 0.383 e. The summed E-state index contributed by atoms with van der Waals surface area (Å²) in [7, 11) is 0. The summed E-state index contributed by atoms with van der Waals surface area (Å²) < 4.78 is 0. The van der Waals surface area contributed by atoms with Crippen LogP contribution in [0.15, 0.2) is 54.0 Å². The van der Waals surface area contributed by atoms with Crippen molar-refractivity contribution in [3.63, 3.8) is 0 Å². The van der Waals surface area contributed by atoms with Crippen LogP contribution in [0.5, 0.6) is 0 Å². The summed E-state index contributed by atoms with van der Waals surface area (Å²) in [4.78, 5) is 11.9. The van der Waals surface area contributed by atoms with Crippen molar-refractivity contribution in [1.29, 1.82) is 0 Å². The topological polar surface area (TPSA) is 64.2 Å². The van der Waals surface area contributed by atoms with Gasteiger partial charge < -0.3 is 5.73 Å². The van der Waals surface area contributed by atoms with Gasteiger partial charge in [-0.05, 0) is 0 Å². The van der Waals surface area contributed by atoms with Gasteiger partial charge in [0.05, 0.1) is 12.4 Å². The molecule has 0 radical (unpaired) electrons. The lowest BCUT2D eigenvalue weighted by atomic mass is 10.2. The maximum Gasteiger partial charge on any atom is 0.131 e. The van der Waals surface area contributed by atoms with Crippen LogP contribution < -0.4 is 5.73 Å². The summed E-state index contributed by atoms with van der Waals surface area (Å²) in [5.41, 5.74) is 7.36. The third-order valence-corrected chi connectivity index (χ3v) is 1.87. The Morgan fingerprint density at radius 1 is 1.07 bits per heavy atom. The number of amidine groups is 1. The zero-order chi connectivity index (χ0) is 10.5. The fraction of sp³-hybridized carbons (Fsp3) is 0. The van der Waals surface area contributed by atoms with Gasteiger partial charge >= 0.3 is 0 Å². The van der Waals surface area contributed by atoms with Gasteiger partial charge in [-0.1, -0.05) is 30.3 Å². The average molecular weight is 198 g/mol. The van der Waals surface area contributed by atoms with Crippen molar-refractivity contribution in [2.75, 3.05) is 0 Å². The third-order valence-electron chi connectivity index (χ3n) is 1.87. The van der Waals surface area contributed by atoms with Crippen molar-refractivity contribution in [2.45, 2.75) is 0 Å². The Morgan fingerprint density at radius 3 is 2.40 bits per heavy atom. The van der Waals surface area contributed by atoms with Crippen LogP contribution >= 0.6 is 0 Å². The summed E-state index contributed by atoms with van der Waals surface area (Å²) in [6.07, 6.45) is 4.68. The maximum atomic E-state index is 5.82. The molecule has 2 aromatic rings. The van der Waals surface area contributed by atoms with Crippen LogP contribution in [0.25, 0.3) is 0 Å². The van der Waals surface area contributed by atoms with Gasteiger partial charge in [-0.2, -0.15) is 0 Å². The van der Waals surface area contributed by atoms with E-state index >= 15 is 0 Å². The van der Waals surface area contributed by atoms with E-state index in [1.54, 1.807) is 12.4 Å². The molecule has 0 aliphatic rings. The van der Waals surface area contributed by atoms with E-state index in [-0.39, 0.29) is 0 Å². The van der Waals surface area contributed by atoms with Gasteiger partial charge in [0.2, 0.25) is 0 Å². The number of rotatable bonds is 2. The highest BCUT2D eigenvalue weighted by Gasteiger charge is 1.96. The number of benzene rings is 1. The quantitative estimate of drug-likeness (QED) is 0.587. The normalized spacial score (nSPS) is 11.3. The highest BCUT2D eigenvalue weighted by atomic mass is 14.9. The first-order valence-electron chi connectivity index (χ1n) is 4.51. The molecule has 1 aromatic heterocycles. The van der Waals surface area contributed by atoms with Crippen molar-refractivity contribution in [1.82, 2.24) is 9.97 Å². The van der Waals surface area contributed by atoms with E-state index in [9.17, 15) is 0 Å². The predicted molar refractivity (Wildman–Crippen MR) is 58.9 cm³/mol. The van der Waals surface area contributed by atoms with E-state index in [1.807, 2.05) is 30.3 Å². The Hall–Kier alpha value is -2.23. The SMILES string of the molecule is NC(=Nc1cncnc1)c1ccccc1. The third kappa shape index (κ3) is 2.37. The molecule has 0 aliphatic heterocycles. The van der Waals surface area contributed by atoms with Crippen LogP contribution in [0, 0.1) is 0 Å². The van der Waals surface area contributed by atoms with Gasteiger partial charge in [0.15, 0.2) is 0 Å². The first-order valence-corrected chi connectivity index (χ1v) is 4.51. The van der Waals surface area contributed by atoms with Gasteiger partial charge in [-0.3, -0.25) is 0 Å². The first-order chi connectivity index (χ1) is 7.36. The predicted octanol–water partition coefficient (Wildman–Crippen LogP) is 1.51. The van der Waals surface area contributed by atoms with Crippen molar-refractivity contribution < 1.29 is 0 Å².